The molecule has 0 bridgehead atoms. The summed E-state index contributed by atoms with van der Waals surface area (Å²) in [7, 11) is 0. The van der Waals surface area contributed by atoms with Crippen molar-refractivity contribution in [1.29, 1.82) is 0 Å². The molecule has 6 nitrogen and oxygen atoms in total. The van der Waals surface area contributed by atoms with Crippen molar-refractivity contribution in [3.05, 3.63) is 29.8 Å². The Labute approximate surface area is 123 Å². The molecule has 0 aliphatic carbocycles. The van der Waals surface area contributed by atoms with Gasteiger partial charge in [-0.15, -0.1) is 0 Å². The first kappa shape index (κ1) is 15.3. The van der Waals surface area contributed by atoms with Crippen LogP contribution in [-0.4, -0.2) is 36.2 Å². The molecular formula is C15H21N3O3. The molecule has 4 N–H and O–H groups in total. The summed E-state index contributed by atoms with van der Waals surface area (Å²) in [5, 5.41) is 11.6. The van der Waals surface area contributed by atoms with Crippen LogP contribution in [0.5, 0.6) is 0 Å². The van der Waals surface area contributed by atoms with Crippen molar-refractivity contribution >= 4 is 17.6 Å². The van der Waals surface area contributed by atoms with E-state index in [2.05, 4.69) is 19.2 Å². The topological polar surface area (TPSA) is 95.7 Å². The average Bonchev–Trinajstić information content (AvgIpc) is 2.83. The Hall–Kier alpha value is -2.08. The van der Waals surface area contributed by atoms with E-state index in [1.807, 2.05) is 24.3 Å². The van der Waals surface area contributed by atoms with Crippen molar-refractivity contribution in [3.63, 3.8) is 0 Å². The lowest BCUT2D eigenvalue weighted by Crippen LogP contribution is -2.52. The zero-order valence-electron chi connectivity index (χ0n) is 12.2. The van der Waals surface area contributed by atoms with Crippen molar-refractivity contribution < 1.29 is 14.7 Å². The van der Waals surface area contributed by atoms with E-state index in [0.29, 0.717) is 12.5 Å². The van der Waals surface area contributed by atoms with E-state index in [1.165, 1.54) is 0 Å². The molecule has 6 heteroatoms. The lowest BCUT2D eigenvalue weighted by atomic mass is 9.90. The Morgan fingerprint density at radius 3 is 2.67 bits per heavy atom. The van der Waals surface area contributed by atoms with E-state index in [1.54, 1.807) is 4.90 Å². The van der Waals surface area contributed by atoms with Gasteiger partial charge >= 0.3 is 6.03 Å². The normalized spacial score (nSPS) is 18.5. The van der Waals surface area contributed by atoms with Crippen LogP contribution in [-0.2, 0) is 4.79 Å². The maximum atomic E-state index is 12.5. The molecule has 0 fully saturated rings. The fraction of sp³-hybridized carbons (Fsp3) is 0.467. The maximum absolute atomic E-state index is 12.5. The van der Waals surface area contributed by atoms with Gasteiger partial charge in [-0.2, -0.15) is 0 Å². The van der Waals surface area contributed by atoms with Crippen LogP contribution in [0.4, 0.5) is 10.5 Å². The summed E-state index contributed by atoms with van der Waals surface area (Å²) in [6.45, 7) is 4.29. The van der Waals surface area contributed by atoms with Crippen molar-refractivity contribution in [3.8, 4) is 0 Å². The predicted octanol–water partition coefficient (Wildman–Crippen LogP) is 0.802. The van der Waals surface area contributed by atoms with Crippen LogP contribution in [0.2, 0.25) is 0 Å². The van der Waals surface area contributed by atoms with Gasteiger partial charge in [0.1, 0.15) is 6.04 Å². The van der Waals surface area contributed by atoms with Gasteiger partial charge in [0.15, 0.2) is 0 Å². The highest BCUT2D eigenvalue weighted by Gasteiger charge is 2.36. The first-order valence-electron chi connectivity index (χ1n) is 7.02. The largest absolute Gasteiger partial charge is 0.394 e. The minimum absolute atomic E-state index is 0.248. The number of nitrogens with one attached hydrogen (secondary N) is 1. The molecule has 1 aliphatic heterocycles. The third-order valence-electron chi connectivity index (χ3n) is 3.87. The van der Waals surface area contributed by atoms with E-state index < -0.39 is 18.7 Å². The summed E-state index contributed by atoms with van der Waals surface area (Å²) in [5.41, 5.74) is 7.00. The molecule has 0 aromatic heterocycles. The van der Waals surface area contributed by atoms with E-state index >= 15 is 0 Å². The van der Waals surface area contributed by atoms with Crippen LogP contribution in [0.1, 0.15) is 25.3 Å². The van der Waals surface area contributed by atoms with Gasteiger partial charge in [-0.05, 0) is 17.5 Å². The van der Waals surface area contributed by atoms with E-state index in [-0.39, 0.29) is 11.8 Å². The second-order valence-electron chi connectivity index (χ2n) is 5.60. The standard InChI is InChI=1S/C15H21N3O3/c1-9(2)11-7-18(13-6-4-3-5-10(11)13)14(20)12(8-19)17-15(16)21/h3-6,9,11-12,19H,7-8H2,1-2H3,(H3,16,17,21). The van der Waals surface area contributed by atoms with E-state index in [9.17, 15) is 14.7 Å². The highest BCUT2D eigenvalue weighted by atomic mass is 16.3. The molecule has 2 rings (SSSR count). The van der Waals surface area contributed by atoms with Gasteiger partial charge in [-0.3, -0.25) is 4.79 Å². The molecule has 0 radical (unpaired) electrons. The first-order chi connectivity index (χ1) is 9.95. The molecular weight excluding hydrogens is 270 g/mol. The molecule has 0 saturated carbocycles. The average molecular weight is 291 g/mol. The second-order valence-corrected chi connectivity index (χ2v) is 5.60. The molecule has 1 aromatic carbocycles. The Bertz CT molecular complexity index is 545. The summed E-state index contributed by atoms with van der Waals surface area (Å²) in [6, 6.07) is 5.89. The number of carbonyl (C=O) groups excluding carboxylic acids is 2. The number of anilines is 1. The van der Waals surface area contributed by atoms with Crippen LogP contribution in [0.15, 0.2) is 24.3 Å². The Morgan fingerprint density at radius 2 is 2.10 bits per heavy atom. The molecule has 2 atom stereocenters. The number of fused-ring (bicyclic) bond motifs is 1. The molecule has 2 unspecified atom stereocenters. The quantitative estimate of drug-likeness (QED) is 0.765. The van der Waals surface area contributed by atoms with Crippen molar-refractivity contribution in [2.24, 2.45) is 11.7 Å². The SMILES string of the molecule is CC(C)C1CN(C(=O)C(CO)NC(N)=O)c2ccccc21. The second kappa shape index (κ2) is 6.13. The molecule has 3 amide bonds. The Morgan fingerprint density at radius 1 is 1.43 bits per heavy atom. The number of aliphatic hydroxyl groups excluding tert-OH is 1. The third kappa shape index (κ3) is 3.00. The maximum Gasteiger partial charge on any atom is 0.312 e. The molecule has 0 spiro atoms. The highest BCUT2D eigenvalue weighted by molar-refractivity contribution is 6.00. The number of rotatable bonds is 4. The van der Waals surface area contributed by atoms with Crippen LogP contribution in [0, 0.1) is 5.92 Å². The number of amides is 3. The van der Waals surface area contributed by atoms with Crippen molar-refractivity contribution in [2.75, 3.05) is 18.1 Å². The number of aliphatic hydroxyl groups is 1. The van der Waals surface area contributed by atoms with Gasteiger partial charge in [0.25, 0.3) is 5.91 Å². The van der Waals surface area contributed by atoms with Crippen LogP contribution < -0.4 is 16.0 Å². The van der Waals surface area contributed by atoms with Gasteiger partial charge < -0.3 is 21.1 Å². The van der Waals surface area contributed by atoms with Crippen LogP contribution in [0.25, 0.3) is 0 Å². The smallest absolute Gasteiger partial charge is 0.312 e. The predicted molar refractivity (Wildman–Crippen MR) is 80.0 cm³/mol. The molecule has 1 aliphatic rings. The number of primary amides is 1. The van der Waals surface area contributed by atoms with E-state index in [4.69, 9.17) is 5.73 Å². The van der Waals surface area contributed by atoms with Gasteiger partial charge in [0.05, 0.1) is 6.61 Å². The lowest BCUT2D eigenvalue weighted by molar-refractivity contribution is -0.121. The zero-order chi connectivity index (χ0) is 15.6. The number of urea groups is 1. The van der Waals surface area contributed by atoms with Gasteiger partial charge in [0, 0.05) is 18.2 Å². The monoisotopic (exact) mass is 291 g/mol. The van der Waals surface area contributed by atoms with Gasteiger partial charge in [-0.1, -0.05) is 32.0 Å². The molecule has 0 saturated heterocycles. The molecule has 1 heterocycles. The zero-order valence-corrected chi connectivity index (χ0v) is 12.2. The summed E-state index contributed by atoms with van der Waals surface area (Å²) >= 11 is 0. The van der Waals surface area contributed by atoms with Crippen molar-refractivity contribution in [1.82, 2.24) is 5.32 Å². The molecule has 1 aromatic rings. The summed E-state index contributed by atoms with van der Waals surface area (Å²) in [6.07, 6.45) is 0. The first-order valence-corrected chi connectivity index (χ1v) is 7.02. The Kier molecular flexibility index (Phi) is 4.47. The third-order valence-corrected chi connectivity index (χ3v) is 3.87. The molecule has 114 valence electrons. The van der Waals surface area contributed by atoms with E-state index in [0.717, 1.165) is 11.3 Å². The summed E-state index contributed by atoms with van der Waals surface area (Å²) < 4.78 is 0. The summed E-state index contributed by atoms with van der Waals surface area (Å²) in [5.74, 6) is 0.297. The minimum atomic E-state index is -1.01. The number of nitrogens with two attached hydrogens (primary N) is 1. The number of nitrogens with zero attached hydrogens (tertiary/aromatic N) is 1. The fourth-order valence-electron chi connectivity index (χ4n) is 2.76. The van der Waals surface area contributed by atoms with Gasteiger partial charge in [0.2, 0.25) is 0 Å². The van der Waals surface area contributed by atoms with Crippen LogP contribution in [0.3, 0.4) is 0 Å². The molecule has 21 heavy (non-hydrogen) atoms. The number of hydrogen-bond donors (Lipinski definition) is 3. The minimum Gasteiger partial charge on any atom is -0.394 e. The lowest BCUT2D eigenvalue weighted by Gasteiger charge is -2.24. The summed E-state index contributed by atoms with van der Waals surface area (Å²) in [4.78, 5) is 25.1. The number of carbonyl (C=O) groups is 2. The number of hydrogen-bond acceptors (Lipinski definition) is 3. The van der Waals surface area contributed by atoms with Crippen LogP contribution >= 0.6 is 0 Å². The van der Waals surface area contributed by atoms with Gasteiger partial charge in [-0.25, -0.2) is 4.79 Å². The fourth-order valence-corrected chi connectivity index (χ4v) is 2.76. The van der Waals surface area contributed by atoms with Crippen molar-refractivity contribution in [2.45, 2.75) is 25.8 Å². The Balaban J connectivity index is 2.28. The number of benzene rings is 1. The highest BCUT2D eigenvalue weighted by Crippen LogP contribution is 2.40. The number of para-hydroxylation sites is 1.